The Kier molecular flexibility index (Phi) is 5.47. The molecule has 0 atom stereocenters. The normalized spacial score (nSPS) is 15.6. The summed E-state index contributed by atoms with van der Waals surface area (Å²) in [4.78, 5) is 8.98. The number of nitrogens with one attached hydrogen (secondary N) is 2. The van der Waals surface area contributed by atoms with Gasteiger partial charge in [-0.2, -0.15) is 0 Å². The summed E-state index contributed by atoms with van der Waals surface area (Å²) in [7, 11) is 0. The Morgan fingerprint density at radius 1 is 0.966 bits per heavy atom. The van der Waals surface area contributed by atoms with Crippen LogP contribution in [0.4, 0.5) is 5.95 Å². The molecule has 0 spiro atoms. The zero-order chi connectivity index (χ0) is 20.1. The Hall–Kier alpha value is -3.73. The van der Waals surface area contributed by atoms with E-state index in [4.69, 9.17) is 10.5 Å². The van der Waals surface area contributed by atoms with E-state index in [0.717, 1.165) is 23.3 Å². The molecule has 4 N–H and O–H groups in total. The maximum Gasteiger partial charge on any atom is 0.270 e. The van der Waals surface area contributed by atoms with Gasteiger partial charge in [-0.15, -0.1) is 0 Å². The van der Waals surface area contributed by atoms with Crippen molar-refractivity contribution in [2.45, 2.75) is 19.4 Å². The summed E-state index contributed by atoms with van der Waals surface area (Å²) < 4.78 is 0. The standard InChI is InChI=1S/C24H22N4O/c25-21-12-11-19(15-20(21)23(29)18-9-5-2-6-10-18)22-13-14-26-24(28-22)27-16-17-7-3-1-4-8-17/h1-10,13-15,25,29H,11-12,16H2,(H,26,27,28)/p+1/b23-20-,25-21?. The fourth-order valence-corrected chi connectivity index (χ4v) is 3.31. The fourth-order valence-electron chi connectivity index (χ4n) is 3.31. The van der Waals surface area contributed by atoms with Crippen molar-refractivity contribution in [2.24, 2.45) is 0 Å². The Morgan fingerprint density at radius 3 is 2.45 bits per heavy atom. The first-order chi connectivity index (χ1) is 14.2. The minimum absolute atomic E-state index is 0.379. The van der Waals surface area contributed by atoms with Crippen LogP contribution in [0.3, 0.4) is 0 Å². The lowest BCUT2D eigenvalue weighted by Crippen LogP contribution is -2.10. The highest BCUT2D eigenvalue weighted by molar-refractivity contribution is 6.09. The van der Waals surface area contributed by atoms with Gasteiger partial charge in [0.1, 0.15) is 0 Å². The minimum atomic E-state index is 0.379. The molecule has 5 nitrogen and oxygen atoms in total. The van der Waals surface area contributed by atoms with E-state index < -0.39 is 0 Å². The van der Waals surface area contributed by atoms with Gasteiger partial charge in [-0.25, -0.2) is 9.97 Å². The van der Waals surface area contributed by atoms with E-state index in [-0.39, 0.29) is 0 Å². The van der Waals surface area contributed by atoms with Crippen molar-refractivity contribution < 1.29 is 5.11 Å². The van der Waals surface area contributed by atoms with Crippen molar-refractivity contribution in [3.8, 4) is 0 Å². The maximum atomic E-state index is 8.54. The zero-order valence-electron chi connectivity index (χ0n) is 16.0. The van der Waals surface area contributed by atoms with E-state index in [9.17, 15) is 0 Å². The van der Waals surface area contributed by atoms with Crippen LogP contribution in [-0.2, 0) is 6.54 Å². The summed E-state index contributed by atoms with van der Waals surface area (Å²) >= 11 is 0. The number of rotatable bonds is 5. The number of allylic oxidation sites excluding steroid dienone is 3. The molecule has 3 aromatic rings. The molecule has 1 aromatic heterocycles. The molecule has 29 heavy (non-hydrogen) atoms. The van der Waals surface area contributed by atoms with Crippen molar-refractivity contribution in [3.63, 3.8) is 0 Å². The molecule has 2 aromatic carbocycles. The highest BCUT2D eigenvalue weighted by atomic mass is 16.3. The van der Waals surface area contributed by atoms with E-state index in [0.29, 0.717) is 36.0 Å². The minimum Gasteiger partial charge on any atom is -0.592 e. The van der Waals surface area contributed by atoms with Gasteiger partial charge in [0.2, 0.25) is 5.95 Å². The lowest BCUT2D eigenvalue weighted by molar-refractivity contribution is 0.509. The Labute approximate surface area is 170 Å². The van der Waals surface area contributed by atoms with Gasteiger partial charge in [0.05, 0.1) is 16.8 Å². The van der Waals surface area contributed by atoms with Crippen LogP contribution in [0.2, 0.25) is 0 Å². The number of anilines is 1. The van der Waals surface area contributed by atoms with Gasteiger partial charge in [-0.3, -0.25) is 0 Å². The highest BCUT2D eigenvalue weighted by Gasteiger charge is 2.22. The first kappa shape index (κ1) is 18.6. The lowest BCUT2D eigenvalue weighted by Gasteiger charge is -2.16. The molecule has 0 aliphatic heterocycles. The first-order valence-electron chi connectivity index (χ1n) is 9.61. The van der Waals surface area contributed by atoms with E-state index in [2.05, 4.69) is 27.4 Å². The number of hydrogen-bond donors (Lipinski definition) is 2. The van der Waals surface area contributed by atoms with Gasteiger partial charge in [0.25, 0.3) is 5.76 Å². The Balaban J connectivity index is 1.60. The van der Waals surface area contributed by atoms with Gasteiger partial charge >= 0.3 is 0 Å². The summed E-state index contributed by atoms with van der Waals surface area (Å²) in [6.45, 7) is 0.657. The molecule has 144 valence electrons. The number of benzene rings is 2. The molecule has 0 radical (unpaired) electrons. The van der Waals surface area contributed by atoms with Crippen LogP contribution < -0.4 is 5.32 Å². The molecular weight excluding hydrogens is 360 g/mol. The average Bonchev–Trinajstić information content (AvgIpc) is 2.79. The largest absolute Gasteiger partial charge is 0.592 e. The number of aromatic nitrogens is 2. The topological polar surface area (TPSA) is 84.6 Å². The Bertz CT molecular complexity index is 1070. The molecule has 0 amide bonds. The quantitative estimate of drug-likeness (QED) is 0.505. The second-order valence-corrected chi connectivity index (χ2v) is 6.91. The molecule has 1 aliphatic carbocycles. The van der Waals surface area contributed by atoms with E-state index in [1.807, 2.05) is 60.7 Å². The van der Waals surface area contributed by atoms with E-state index >= 15 is 0 Å². The molecule has 5 heteroatoms. The zero-order valence-corrected chi connectivity index (χ0v) is 16.0. The molecule has 1 heterocycles. The van der Waals surface area contributed by atoms with Crippen LogP contribution in [0.25, 0.3) is 11.3 Å². The molecule has 1 aliphatic rings. The predicted molar refractivity (Wildman–Crippen MR) is 118 cm³/mol. The second kappa shape index (κ2) is 8.52. The summed E-state index contributed by atoms with van der Waals surface area (Å²) in [5.74, 6) is 0.955. The van der Waals surface area contributed by atoms with Crippen LogP contribution >= 0.6 is 0 Å². The van der Waals surface area contributed by atoms with E-state index in [1.54, 1.807) is 6.20 Å². The van der Waals surface area contributed by atoms with Gasteiger partial charge in [0.15, 0.2) is 0 Å². The molecule has 0 unspecified atom stereocenters. The summed E-state index contributed by atoms with van der Waals surface area (Å²) in [5.41, 5.74) is 5.01. The average molecular weight is 383 g/mol. The van der Waals surface area contributed by atoms with Crippen molar-refractivity contribution in [1.82, 2.24) is 9.97 Å². The van der Waals surface area contributed by atoms with Crippen LogP contribution in [0, 0.1) is 5.41 Å². The predicted octanol–water partition coefficient (Wildman–Crippen LogP) is 4.42. The monoisotopic (exact) mass is 383 g/mol. The van der Waals surface area contributed by atoms with Gasteiger partial charge < -0.3 is 15.8 Å². The molecule has 0 saturated heterocycles. The lowest BCUT2D eigenvalue weighted by atomic mass is 9.89. The number of hydrogen-bond acceptors (Lipinski definition) is 4. The first-order valence-corrected chi connectivity index (χ1v) is 9.61. The second-order valence-electron chi connectivity index (χ2n) is 6.91. The molecule has 0 saturated carbocycles. The van der Waals surface area contributed by atoms with Crippen molar-refractivity contribution in [2.75, 3.05) is 5.32 Å². The van der Waals surface area contributed by atoms with Crippen LogP contribution in [0.1, 0.15) is 29.7 Å². The maximum absolute atomic E-state index is 8.54. The number of nitrogens with zero attached hydrogens (tertiary/aromatic N) is 2. The summed E-state index contributed by atoms with van der Waals surface area (Å²) in [6.07, 6.45) is 5.02. The summed E-state index contributed by atoms with van der Waals surface area (Å²) in [5, 5.41) is 20.1. The third-order valence-corrected chi connectivity index (χ3v) is 4.90. The molecule has 0 fully saturated rings. The Morgan fingerprint density at radius 2 is 1.69 bits per heavy atom. The third kappa shape index (κ3) is 4.41. The van der Waals surface area contributed by atoms with Crippen LogP contribution in [0.5, 0.6) is 0 Å². The van der Waals surface area contributed by atoms with Crippen molar-refractivity contribution >= 4 is 23.0 Å². The summed E-state index contributed by atoms with van der Waals surface area (Å²) in [6, 6.07) is 21.6. The van der Waals surface area contributed by atoms with Gasteiger partial charge in [0, 0.05) is 18.5 Å². The van der Waals surface area contributed by atoms with Crippen LogP contribution in [0.15, 0.2) is 84.6 Å². The highest BCUT2D eigenvalue weighted by Crippen LogP contribution is 2.30. The SMILES string of the molecule is N=C1CCC(c2ccnc(NCc3ccccc3)n2)=C/C1=C(/[OH2+])c1ccccc1. The van der Waals surface area contributed by atoms with Gasteiger partial charge in [-0.05, 0) is 48.3 Å². The molecular formula is C24H23N4O+. The van der Waals surface area contributed by atoms with Crippen molar-refractivity contribution in [3.05, 3.63) is 101 Å². The van der Waals surface area contributed by atoms with Crippen molar-refractivity contribution in [1.29, 1.82) is 5.41 Å². The molecule has 0 bridgehead atoms. The van der Waals surface area contributed by atoms with Gasteiger partial charge in [-0.1, -0.05) is 48.5 Å². The fraction of sp³-hybridized carbons (Fsp3) is 0.125. The molecule has 4 rings (SSSR count). The smallest absolute Gasteiger partial charge is 0.270 e. The van der Waals surface area contributed by atoms with E-state index in [1.165, 1.54) is 5.56 Å². The van der Waals surface area contributed by atoms with Crippen LogP contribution in [-0.4, -0.2) is 20.8 Å². The third-order valence-electron chi connectivity index (χ3n) is 4.90.